The molecule has 28 heavy (non-hydrogen) atoms. The van der Waals surface area contributed by atoms with Gasteiger partial charge in [-0.15, -0.1) is 0 Å². The van der Waals surface area contributed by atoms with Crippen LogP contribution in [0.15, 0.2) is 48.5 Å². The topological polar surface area (TPSA) is 36.7 Å². The number of anilines is 1. The molecule has 1 fully saturated rings. The van der Waals surface area contributed by atoms with E-state index in [-0.39, 0.29) is 12.5 Å². The number of nitrogens with zero attached hydrogens (tertiary/aromatic N) is 2. The molecule has 0 saturated heterocycles. The molecule has 1 saturated carbocycles. The molecule has 1 aliphatic rings. The smallest absolute Gasteiger partial charge is 0.362 e. The molecule has 0 aromatic heterocycles. The van der Waals surface area contributed by atoms with E-state index < -0.39 is 17.4 Å². The number of hydrogen-bond acceptors (Lipinski definition) is 2. The first kappa shape index (κ1) is 19.7. The van der Waals surface area contributed by atoms with E-state index >= 15 is 0 Å². The van der Waals surface area contributed by atoms with Crippen LogP contribution in [0.1, 0.15) is 24.0 Å². The highest BCUT2D eigenvalue weighted by molar-refractivity contribution is 5.81. The lowest BCUT2D eigenvalue weighted by atomic mass is 10.1. The third kappa shape index (κ3) is 5.26. The predicted molar refractivity (Wildman–Crippen MR) is 101 cm³/mol. The summed E-state index contributed by atoms with van der Waals surface area (Å²) < 4.78 is 39.9. The summed E-state index contributed by atoms with van der Waals surface area (Å²) >= 11 is 0. The second-order valence-corrected chi connectivity index (χ2v) is 6.90. The molecule has 0 unspecified atom stereocenters. The van der Waals surface area contributed by atoms with Crippen LogP contribution in [0.25, 0.3) is 4.85 Å². The molecular formula is C21H20F3N3O. The van der Waals surface area contributed by atoms with Gasteiger partial charge < -0.3 is 10.2 Å². The minimum absolute atomic E-state index is 0.0298. The first-order valence-electron chi connectivity index (χ1n) is 9.01. The van der Waals surface area contributed by atoms with Crippen molar-refractivity contribution < 1.29 is 18.0 Å². The highest BCUT2D eigenvalue weighted by Crippen LogP contribution is 2.39. The second kappa shape index (κ2) is 8.34. The SMILES string of the molecule is [C-]#[N+]c1ccc(N(CC(=O)NCc2ccccc2)CC2CC2)cc1C(F)(F)F. The Kier molecular flexibility index (Phi) is 5.88. The molecule has 146 valence electrons. The van der Waals surface area contributed by atoms with E-state index in [0.717, 1.165) is 24.5 Å². The van der Waals surface area contributed by atoms with Gasteiger partial charge in [0.25, 0.3) is 0 Å². The summed E-state index contributed by atoms with van der Waals surface area (Å²) in [6.07, 6.45) is -2.60. The molecule has 0 atom stereocenters. The summed E-state index contributed by atoms with van der Waals surface area (Å²) in [6, 6.07) is 13.0. The fourth-order valence-corrected chi connectivity index (χ4v) is 2.94. The lowest BCUT2D eigenvalue weighted by Crippen LogP contribution is -2.38. The lowest BCUT2D eigenvalue weighted by Gasteiger charge is -2.25. The van der Waals surface area contributed by atoms with Gasteiger partial charge in [0.05, 0.1) is 18.7 Å². The molecule has 1 N–H and O–H groups in total. The molecule has 7 heteroatoms. The Morgan fingerprint density at radius 3 is 2.50 bits per heavy atom. The van der Waals surface area contributed by atoms with Gasteiger partial charge in [-0.05, 0) is 36.5 Å². The van der Waals surface area contributed by atoms with E-state index in [4.69, 9.17) is 6.57 Å². The molecule has 4 nitrogen and oxygen atoms in total. The van der Waals surface area contributed by atoms with Gasteiger partial charge in [0.15, 0.2) is 5.69 Å². The Balaban J connectivity index is 1.74. The zero-order valence-electron chi connectivity index (χ0n) is 15.2. The van der Waals surface area contributed by atoms with E-state index in [1.807, 2.05) is 30.3 Å². The van der Waals surface area contributed by atoms with Gasteiger partial charge in [-0.25, -0.2) is 4.85 Å². The number of carbonyl (C=O) groups is 1. The van der Waals surface area contributed by atoms with Crippen LogP contribution >= 0.6 is 0 Å². The summed E-state index contributed by atoms with van der Waals surface area (Å²) in [7, 11) is 0. The van der Waals surface area contributed by atoms with Crippen molar-refractivity contribution in [3.63, 3.8) is 0 Å². The molecule has 2 aromatic rings. The summed E-state index contributed by atoms with van der Waals surface area (Å²) in [6.45, 7) is 7.82. The molecule has 0 spiro atoms. The molecule has 2 aromatic carbocycles. The molecular weight excluding hydrogens is 367 g/mol. The van der Waals surface area contributed by atoms with Crippen molar-refractivity contribution in [3.05, 3.63) is 71.1 Å². The van der Waals surface area contributed by atoms with E-state index in [0.29, 0.717) is 24.7 Å². The highest BCUT2D eigenvalue weighted by Gasteiger charge is 2.34. The van der Waals surface area contributed by atoms with Gasteiger partial charge in [-0.2, -0.15) is 13.2 Å². The Hall–Kier alpha value is -3.01. The van der Waals surface area contributed by atoms with Crippen molar-refractivity contribution in [1.29, 1.82) is 0 Å². The van der Waals surface area contributed by atoms with Crippen molar-refractivity contribution in [2.75, 3.05) is 18.0 Å². The second-order valence-electron chi connectivity index (χ2n) is 6.90. The average molecular weight is 387 g/mol. The van der Waals surface area contributed by atoms with Crippen LogP contribution in [-0.2, 0) is 17.5 Å². The minimum Gasteiger partial charge on any atom is -0.362 e. The van der Waals surface area contributed by atoms with E-state index in [1.54, 1.807) is 4.90 Å². The lowest BCUT2D eigenvalue weighted by molar-refractivity contribution is -0.136. The van der Waals surface area contributed by atoms with Crippen LogP contribution in [0, 0.1) is 12.5 Å². The summed E-state index contributed by atoms with van der Waals surface area (Å²) in [5, 5.41) is 2.81. The number of hydrogen-bond donors (Lipinski definition) is 1. The van der Waals surface area contributed by atoms with Crippen LogP contribution in [-0.4, -0.2) is 19.0 Å². The number of alkyl halides is 3. The summed E-state index contributed by atoms with van der Waals surface area (Å²) in [5.41, 5.74) is -0.145. The summed E-state index contributed by atoms with van der Waals surface area (Å²) in [4.78, 5) is 17.0. The Bertz CT molecular complexity index is 871. The maximum absolute atomic E-state index is 13.3. The van der Waals surface area contributed by atoms with Crippen LogP contribution in [0.2, 0.25) is 0 Å². The van der Waals surface area contributed by atoms with Gasteiger partial charge in [0.1, 0.15) is 0 Å². The molecule has 1 aliphatic carbocycles. The maximum Gasteiger partial charge on any atom is 0.407 e. The largest absolute Gasteiger partial charge is 0.407 e. The highest BCUT2D eigenvalue weighted by atomic mass is 19.4. The number of amides is 1. The normalized spacial score (nSPS) is 13.6. The Morgan fingerprint density at radius 2 is 1.89 bits per heavy atom. The van der Waals surface area contributed by atoms with Gasteiger partial charge in [0.2, 0.25) is 5.91 Å². The fraction of sp³-hybridized carbons (Fsp3) is 0.333. The molecule has 3 rings (SSSR count). The Morgan fingerprint density at radius 1 is 1.18 bits per heavy atom. The molecule has 0 bridgehead atoms. The number of rotatable bonds is 7. The molecule has 0 heterocycles. The van der Waals surface area contributed by atoms with Gasteiger partial charge in [0, 0.05) is 18.8 Å². The molecule has 0 aliphatic heterocycles. The monoisotopic (exact) mass is 387 g/mol. The van der Waals surface area contributed by atoms with Crippen molar-refractivity contribution in [1.82, 2.24) is 5.32 Å². The van der Waals surface area contributed by atoms with Crippen molar-refractivity contribution in [3.8, 4) is 0 Å². The third-order valence-electron chi connectivity index (χ3n) is 4.61. The maximum atomic E-state index is 13.3. The van der Waals surface area contributed by atoms with Crippen molar-refractivity contribution >= 4 is 17.3 Å². The quantitative estimate of drug-likeness (QED) is 0.694. The zero-order valence-corrected chi connectivity index (χ0v) is 15.2. The van der Waals surface area contributed by atoms with Gasteiger partial charge >= 0.3 is 6.18 Å². The number of carbonyl (C=O) groups excluding carboxylic acids is 1. The molecule has 0 radical (unpaired) electrons. The number of nitrogens with one attached hydrogen (secondary N) is 1. The van der Waals surface area contributed by atoms with Crippen LogP contribution in [0.5, 0.6) is 0 Å². The summed E-state index contributed by atoms with van der Waals surface area (Å²) in [5.74, 6) is 0.129. The standard InChI is InChI=1S/C21H20F3N3O/c1-25-19-10-9-17(11-18(19)21(22,23)24)27(13-16-7-8-16)14-20(28)26-12-15-5-3-2-4-6-15/h2-6,9-11,16H,7-8,12-14H2,(H,26,28). The molecule has 1 amide bonds. The fourth-order valence-electron chi connectivity index (χ4n) is 2.94. The average Bonchev–Trinajstić information content (AvgIpc) is 3.49. The first-order chi connectivity index (χ1) is 13.4. The third-order valence-corrected chi connectivity index (χ3v) is 4.61. The number of halogens is 3. The zero-order chi connectivity index (χ0) is 20.1. The van der Waals surface area contributed by atoms with Gasteiger partial charge in [-0.3, -0.25) is 4.79 Å². The van der Waals surface area contributed by atoms with Crippen LogP contribution in [0.4, 0.5) is 24.5 Å². The van der Waals surface area contributed by atoms with Crippen LogP contribution < -0.4 is 10.2 Å². The minimum atomic E-state index is -4.61. The number of benzene rings is 2. The van der Waals surface area contributed by atoms with Crippen LogP contribution in [0.3, 0.4) is 0 Å². The van der Waals surface area contributed by atoms with Crippen molar-refractivity contribution in [2.45, 2.75) is 25.6 Å². The Labute approximate surface area is 161 Å². The van der Waals surface area contributed by atoms with Crippen molar-refractivity contribution in [2.24, 2.45) is 5.92 Å². The van der Waals surface area contributed by atoms with E-state index in [2.05, 4.69) is 10.2 Å². The first-order valence-corrected chi connectivity index (χ1v) is 9.01. The predicted octanol–water partition coefficient (Wildman–Crippen LogP) is 4.79. The van der Waals surface area contributed by atoms with E-state index in [9.17, 15) is 18.0 Å². The van der Waals surface area contributed by atoms with E-state index in [1.165, 1.54) is 12.1 Å². The van der Waals surface area contributed by atoms with Gasteiger partial charge in [-0.1, -0.05) is 36.4 Å².